The fraction of sp³-hybridized carbons (Fsp3) is 0.407. The second kappa shape index (κ2) is 12.9. The third-order valence-corrected chi connectivity index (χ3v) is 6.03. The van der Waals surface area contributed by atoms with Gasteiger partial charge in [0, 0.05) is 31.9 Å². The van der Waals surface area contributed by atoms with Crippen LogP contribution in [0.3, 0.4) is 0 Å². The topological polar surface area (TPSA) is 79.9 Å². The number of hydrogen-bond acceptors (Lipinski definition) is 5. The van der Waals surface area contributed by atoms with Gasteiger partial charge in [-0.25, -0.2) is 4.39 Å². The van der Waals surface area contributed by atoms with Crippen LogP contribution < -0.4 is 15.5 Å². The molecule has 0 saturated carbocycles. The molecule has 2 amide bonds. The minimum Gasteiger partial charge on any atom is -0.378 e. The molecule has 1 aliphatic rings. The van der Waals surface area contributed by atoms with Crippen molar-refractivity contribution < 1.29 is 23.5 Å². The molecular formula is C27H33ClFN3O4. The minimum absolute atomic E-state index is 0.0286. The number of carbonyl (C=O) groups excluding carboxylic acids is 2. The van der Waals surface area contributed by atoms with Crippen molar-refractivity contribution in [1.82, 2.24) is 10.6 Å². The summed E-state index contributed by atoms with van der Waals surface area (Å²) < 4.78 is 24.4. The Morgan fingerprint density at radius 1 is 1.03 bits per heavy atom. The van der Waals surface area contributed by atoms with E-state index in [0.29, 0.717) is 19.4 Å². The molecule has 36 heavy (non-hydrogen) atoms. The third kappa shape index (κ3) is 8.62. The van der Waals surface area contributed by atoms with E-state index in [9.17, 15) is 14.0 Å². The van der Waals surface area contributed by atoms with E-state index in [1.165, 1.54) is 12.1 Å². The Morgan fingerprint density at radius 3 is 2.31 bits per heavy atom. The summed E-state index contributed by atoms with van der Waals surface area (Å²) in [5.41, 5.74) is 3.22. The number of rotatable bonds is 13. The predicted molar refractivity (Wildman–Crippen MR) is 139 cm³/mol. The molecule has 9 heteroatoms. The molecule has 0 spiro atoms. The highest BCUT2D eigenvalue weighted by molar-refractivity contribution is 6.30. The summed E-state index contributed by atoms with van der Waals surface area (Å²) in [4.78, 5) is 26.4. The van der Waals surface area contributed by atoms with Gasteiger partial charge in [0.15, 0.2) is 0 Å². The van der Waals surface area contributed by atoms with E-state index >= 15 is 0 Å². The summed E-state index contributed by atoms with van der Waals surface area (Å²) in [6.45, 7) is 2.47. The van der Waals surface area contributed by atoms with Crippen LogP contribution in [0.5, 0.6) is 0 Å². The maximum Gasteiger partial charge on any atom is 0.250 e. The number of amides is 2. The van der Waals surface area contributed by atoms with E-state index in [1.54, 1.807) is 6.07 Å². The van der Waals surface area contributed by atoms with Crippen LogP contribution in [0.4, 0.5) is 10.1 Å². The summed E-state index contributed by atoms with van der Waals surface area (Å²) in [5.74, 6) is -0.960. The van der Waals surface area contributed by atoms with Gasteiger partial charge in [0.05, 0.1) is 23.8 Å². The molecule has 0 radical (unpaired) electrons. The van der Waals surface area contributed by atoms with Gasteiger partial charge in [-0.2, -0.15) is 0 Å². The molecule has 1 unspecified atom stereocenters. The zero-order valence-electron chi connectivity index (χ0n) is 20.9. The average Bonchev–Trinajstić information content (AvgIpc) is 2.81. The zero-order valence-corrected chi connectivity index (χ0v) is 21.7. The van der Waals surface area contributed by atoms with Crippen molar-refractivity contribution in [2.75, 3.05) is 45.4 Å². The highest BCUT2D eigenvalue weighted by atomic mass is 35.5. The Kier molecular flexibility index (Phi) is 9.87. The molecule has 0 saturated heterocycles. The second-order valence-corrected chi connectivity index (χ2v) is 9.69. The van der Waals surface area contributed by atoms with Crippen LogP contribution in [0, 0.1) is 5.82 Å². The highest BCUT2D eigenvalue weighted by Crippen LogP contribution is 2.28. The lowest BCUT2D eigenvalue weighted by atomic mass is 9.84. The maximum absolute atomic E-state index is 13.5. The smallest absolute Gasteiger partial charge is 0.250 e. The highest BCUT2D eigenvalue weighted by Gasteiger charge is 2.34. The van der Waals surface area contributed by atoms with Gasteiger partial charge < -0.3 is 25.0 Å². The lowest BCUT2D eigenvalue weighted by Crippen LogP contribution is -2.53. The molecule has 7 nitrogen and oxygen atoms in total. The van der Waals surface area contributed by atoms with E-state index in [2.05, 4.69) is 16.7 Å². The number of halogens is 2. The molecule has 1 aliphatic carbocycles. The molecule has 0 fully saturated rings. The fourth-order valence-corrected chi connectivity index (χ4v) is 3.99. The van der Waals surface area contributed by atoms with Gasteiger partial charge >= 0.3 is 0 Å². The lowest BCUT2D eigenvalue weighted by Gasteiger charge is -2.37. The van der Waals surface area contributed by atoms with Crippen molar-refractivity contribution in [3.63, 3.8) is 0 Å². The van der Waals surface area contributed by atoms with Crippen molar-refractivity contribution in [3.8, 4) is 0 Å². The number of hydrogen-bond donors (Lipinski definition) is 2. The Labute approximate surface area is 216 Å². The van der Waals surface area contributed by atoms with Crippen LogP contribution in [0.1, 0.15) is 24.5 Å². The SMILES string of the molecule is CN(C)c1cccc(CCOCC(=O)NC2=CC(C)(NC(=O)COCCc3ccc(Cl)c(F)c3)C2)c1. The molecule has 1 atom stereocenters. The van der Waals surface area contributed by atoms with E-state index in [-0.39, 0.29) is 36.7 Å². The summed E-state index contributed by atoms with van der Waals surface area (Å²) in [6, 6.07) is 12.8. The van der Waals surface area contributed by atoms with Crippen LogP contribution in [0.2, 0.25) is 5.02 Å². The molecule has 2 N–H and O–H groups in total. The number of ether oxygens (including phenoxy) is 2. The van der Waals surface area contributed by atoms with E-state index in [1.807, 2.05) is 50.2 Å². The average molecular weight is 518 g/mol. The summed E-state index contributed by atoms with van der Waals surface area (Å²) in [5, 5.41) is 5.78. The van der Waals surface area contributed by atoms with Gasteiger partial charge in [0.1, 0.15) is 19.0 Å². The van der Waals surface area contributed by atoms with Crippen LogP contribution in [0.25, 0.3) is 0 Å². The second-order valence-electron chi connectivity index (χ2n) is 9.28. The Balaban J connectivity index is 1.29. The van der Waals surface area contributed by atoms with Gasteiger partial charge in [-0.3, -0.25) is 9.59 Å². The monoisotopic (exact) mass is 517 g/mol. The van der Waals surface area contributed by atoms with Gasteiger partial charge in [-0.05, 0) is 61.2 Å². The van der Waals surface area contributed by atoms with Crippen molar-refractivity contribution in [3.05, 3.63) is 76.2 Å². The van der Waals surface area contributed by atoms with Crippen LogP contribution in [-0.4, -0.2) is 57.9 Å². The summed E-state index contributed by atoms with van der Waals surface area (Å²) >= 11 is 5.67. The molecule has 3 rings (SSSR count). The van der Waals surface area contributed by atoms with Crippen molar-refractivity contribution in [2.45, 2.75) is 31.7 Å². The normalized spacial score (nSPS) is 16.6. The quantitative estimate of drug-likeness (QED) is 0.397. The van der Waals surface area contributed by atoms with Crippen LogP contribution in [0.15, 0.2) is 54.2 Å². The van der Waals surface area contributed by atoms with Gasteiger partial charge in [-0.15, -0.1) is 0 Å². The van der Waals surface area contributed by atoms with Crippen LogP contribution in [-0.2, 0) is 31.9 Å². The van der Waals surface area contributed by atoms with Crippen molar-refractivity contribution in [1.29, 1.82) is 0 Å². The molecule has 2 aromatic rings. The largest absolute Gasteiger partial charge is 0.378 e. The summed E-state index contributed by atoms with van der Waals surface area (Å²) in [6.07, 6.45) is 3.51. The Morgan fingerprint density at radius 2 is 1.67 bits per heavy atom. The molecule has 0 bridgehead atoms. The predicted octanol–water partition coefficient (Wildman–Crippen LogP) is 3.64. The van der Waals surface area contributed by atoms with Crippen LogP contribution >= 0.6 is 11.6 Å². The first-order valence-electron chi connectivity index (χ1n) is 11.8. The van der Waals surface area contributed by atoms with Crippen molar-refractivity contribution in [2.24, 2.45) is 0 Å². The molecular weight excluding hydrogens is 485 g/mol. The number of nitrogens with zero attached hydrogens (tertiary/aromatic N) is 1. The standard InChI is InChI=1S/C27H33ClFN3O4/c1-27(31-26(34)18-36-12-10-20-7-8-23(28)24(29)14-20)15-21(16-27)30-25(33)17-35-11-9-19-5-4-6-22(13-19)32(2)3/h4-8,13-15H,9-12,16-18H2,1-3H3,(H,30,33)(H,31,34). The third-order valence-electron chi connectivity index (χ3n) is 5.72. The van der Waals surface area contributed by atoms with Gasteiger partial charge in [-0.1, -0.05) is 29.8 Å². The molecule has 2 aromatic carbocycles. The number of carbonyl (C=O) groups is 2. The van der Waals surface area contributed by atoms with E-state index in [0.717, 1.165) is 28.9 Å². The fourth-order valence-electron chi connectivity index (χ4n) is 3.88. The van der Waals surface area contributed by atoms with Gasteiger partial charge in [0.2, 0.25) is 11.8 Å². The summed E-state index contributed by atoms with van der Waals surface area (Å²) in [7, 11) is 3.99. The molecule has 194 valence electrons. The Bertz CT molecular complexity index is 1110. The molecule has 0 aliphatic heterocycles. The molecule has 0 aromatic heterocycles. The first kappa shape index (κ1) is 27.6. The zero-order chi connectivity index (χ0) is 26.1. The van der Waals surface area contributed by atoms with Gasteiger partial charge in [0.25, 0.3) is 0 Å². The van der Waals surface area contributed by atoms with E-state index in [4.69, 9.17) is 21.1 Å². The first-order valence-corrected chi connectivity index (χ1v) is 12.2. The van der Waals surface area contributed by atoms with E-state index < -0.39 is 11.4 Å². The minimum atomic E-state index is -0.541. The first-order chi connectivity index (χ1) is 17.1. The lowest BCUT2D eigenvalue weighted by molar-refractivity contribution is -0.127. The maximum atomic E-state index is 13.5. The Hall–Kier alpha value is -2.94. The number of benzene rings is 2. The number of anilines is 1. The number of nitrogens with one attached hydrogen (secondary N) is 2. The molecule has 0 heterocycles. The van der Waals surface area contributed by atoms with Crippen molar-refractivity contribution >= 4 is 29.1 Å².